The molecule has 3 N–H and O–H groups in total. The molecule has 0 aliphatic carbocycles. The molecule has 0 radical (unpaired) electrons. The van der Waals surface area contributed by atoms with Gasteiger partial charge in [0.05, 0.1) is 32.1 Å². The van der Waals surface area contributed by atoms with Crippen LogP contribution in [0, 0.1) is 0 Å². The molecule has 0 saturated carbocycles. The Morgan fingerprint density at radius 3 is 2.69 bits per heavy atom. The fourth-order valence-electron chi connectivity index (χ4n) is 3.00. The Kier molecular flexibility index (Phi) is 6.42. The van der Waals surface area contributed by atoms with Crippen molar-refractivity contribution >= 4 is 34.2 Å². The summed E-state index contributed by atoms with van der Waals surface area (Å²) in [5.41, 5.74) is 1.46. The van der Waals surface area contributed by atoms with Crippen LogP contribution in [0.2, 0.25) is 0 Å². The first-order valence-corrected chi connectivity index (χ1v) is 10.1. The third-order valence-corrected chi connectivity index (χ3v) is 5.30. The number of nitrogens with one attached hydrogen (secondary N) is 3. The Morgan fingerprint density at radius 1 is 1.21 bits per heavy atom. The van der Waals surface area contributed by atoms with Crippen LogP contribution >= 0.6 is 11.3 Å². The molecule has 4 amide bonds. The quantitative estimate of drug-likeness (QED) is 0.690. The monoisotopic (exact) mass is 419 g/mol. The fraction of sp³-hybridized carbons (Fsp3) is 0.421. The summed E-state index contributed by atoms with van der Waals surface area (Å²) in [5, 5.41) is 8.93. The van der Waals surface area contributed by atoms with Crippen molar-refractivity contribution in [2.45, 2.75) is 32.9 Å². The van der Waals surface area contributed by atoms with E-state index >= 15 is 0 Å². The van der Waals surface area contributed by atoms with Crippen molar-refractivity contribution in [1.82, 2.24) is 15.2 Å². The predicted molar refractivity (Wildman–Crippen MR) is 112 cm³/mol. The first kappa shape index (κ1) is 20.7. The smallest absolute Gasteiger partial charge is 0.322 e. The molecule has 3 rings (SSSR count). The molecule has 0 fully saturated rings. The van der Waals surface area contributed by atoms with Crippen molar-refractivity contribution in [3.8, 4) is 11.5 Å². The van der Waals surface area contributed by atoms with Crippen LogP contribution in [-0.4, -0.2) is 48.8 Å². The summed E-state index contributed by atoms with van der Waals surface area (Å²) in [6, 6.07) is 4.83. The van der Waals surface area contributed by atoms with Gasteiger partial charge in [0.1, 0.15) is 0 Å². The molecule has 0 unspecified atom stereocenters. The van der Waals surface area contributed by atoms with E-state index in [1.165, 1.54) is 18.4 Å². The number of thiazole rings is 1. The van der Waals surface area contributed by atoms with Gasteiger partial charge in [-0.25, -0.2) is 14.6 Å². The van der Waals surface area contributed by atoms with Gasteiger partial charge in [-0.15, -0.1) is 0 Å². The number of methoxy groups -OCH3 is 2. The van der Waals surface area contributed by atoms with Crippen molar-refractivity contribution in [3.63, 3.8) is 0 Å². The van der Waals surface area contributed by atoms with Crippen LogP contribution in [0.4, 0.5) is 20.4 Å². The summed E-state index contributed by atoms with van der Waals surface area (Å²) >= 11 is 1.38. The van der Waals surface area contributed by atoms with E-state index in [1.54, 1.807) is 30.2 Å². The molecule has 0 saturated heterocycles. The van der Waals surface area contributed by atoms with Crippen LogP contribution < -0.4 is 25.4 Å². The topological polar surface area (TPSA) is 105 Å². The number of nitrogens with zero attached hydrogens (tertiary/aromatic N) is 2. The summed E-state index contributed by atoms with van der Waals surface area (Å²) in [4.78, 5) is 31.8. The Morgan fingerprint density at radius 2 is 2.00 bits per heavy atom. The predicted octanol–water partition coefficient (Wildman–Crippen LogP) is 3.28. The van der Waals surface area contributed by atoms with Crippen molar-refractivity contribution in [2.75, 3.05) is 31.4 Å². The Hall–Kier alpha value is -3.01. The minimum atomic E-state index is -0.286. The minimum Gasteiger partial charge on any atom is -0.493 e. The number of ether oxygens (including phenoxy) is 2. The number of anilines is 2. The Balaban J connectivity index is 1.66. The summed E-state index contributed by atoms with van der Waals surface area (Å²) in [7, 11) is 3.08. The van der Waals surface area contributed by atoms with E-state index in [-0.39, 0.29) is 18.1 Å². The summed E-state index contributed by atoms with van der Waals surface area (Å²) < 4.78 is 10.6. The zero-order chi connectivity index (χ0) is 21.0. The molecule has 2 aromatic rings. The van der Waals surface area contributed by atoms with Crippen LogP contribution in [0.3, 0.4) is 0 Å². The zero-order valence-electron chi connectivity index (χ0n) is 16.9. The molecule has 2 heterocycles. The van der Waals surface area contributed by atoms with Gasteiger partial charge >= 0.3 is 12.1 Å². The second-order valence-corrected chi connectivity index (χ2v) is 7.87. The van der Waals surface area contributed by atoms with Crippen molar-refractivity contribution in [1.29, 1.82) is 0 Å². The molecule has 29 heavy (non-hydrogen) atoms. The second-order valence-electron chi connectivity index (χ2n) is 6.78. The van der Waals surface area contributed by atoms with Gasteiger partial charge in [-0.1, -0.05) is 17.4 Å². The number of carbonyl (C=O) groups excluding carboxylic acids is 2. The van der Waals surface area contributed by atoms with E-state index < -0.39 is 0 Å². The van der Waals surface area contributed by atoms with E-state index in [9.17, 15) is 9.59 Å². The van der Waals surface area contributed by atoms with Crippen molar-refractivity contribution in [2.24, 2.45) is 0 Å². The number of benzene rings is 1. The molecule has 0 spiro atoms. The molecule has 1 aliphatic heterocycles. The van der Waals surface area contributed by atoms with Crippen LogP contribution in [0.15, 0.2) is 18.2 Å². The molecule has 1 aromatic heterocycles. The molecule has 10 heteroatoms. The van der Waals surface area contributed by atoms with Gasteiger partial charge in [-0.05, 0) is 26.0 Å². The largest absolute Gasteiger partial charge is 0.493 e. The molecule has 156 valence electrons. The van der Waals surface area contributed by atoms with Gasteiger partial charge in [0, 0.05) is 23.9 Å². The SMILES string of the molecule is COc1cccc(NC(=O)N2CCc3nc(NC(=O)NC(C)C)sc3C2)c1OC. The molecule has 1 aromatic carbocycles. The lowest BCUT2D eigenvalue weighted by Gasteiger charge is -2.26. The highest BCUT2D eigenvalue weighted by molar-refractivity contribution is 7.15. The number of amides is 4. The first-order chi connectivity index (χ1) is 13.9. The molecule has 0 bridgehead atoms. The van der Waals surface area contributed by atoms with Gasteiger partial charge in [-0.2, -0.15) is 0 Å². The maximum absolute atomic E-state index is 12.8. The van der Waals surface area contributed by atoms with E-state index in [2.05, 4.69) is 20.9 Å². The molecule has 0 atom stereocenters. The van der Waals surface area contributed by atoms with Gasteiger partial charge in [0.25, 0.3) is 0 Å². The number of urea groups is 2. The molecule has 1 aliphatic rings. The van der Waals surface area contributed by atoms with Gasteiger partial charge in [0.15, 0.2) is 16.6 Å². The van der Waals surface area contributed by atoms with Crippen LogP contribution in [-0.2, 0) is 13.0 Å². The minimum absolute atomic E-state index is 0.0392. The number of aromatic nitrogens is 1. The van der Waals surface area contributed by atoms with Crippen LogP contribution in [0.25, 0.3) is 0 Å². The summed E-state index contributed by atoms with van der Waals surface area (Å²) in [5.74, 6) is 1.02. The lowest BCUT2D eigenvalue weighted by atomic mass is 10.2. The number of para-hydroxylation sites is 1. The maximum atomic E-state index is 12.8. The van der Waals surface area contributed by atoms with E-state index in [1.807, 2.05) is 13.8 Å². The maximum Gasteiger partial charge on any atom is 0.322 e. The third kappa shape index (κ3) is 4.89. The molecule has 9 nitrogen and oxygen atoms in total. The highest BCUT2D eigenvalue weighted by Crippen LogP contribution is 2.35. The van der Waals surface area contributed by atoms with Gasteiger partial charge < -0.3 is 25.0 Å². The van der Waals surface area contributed by atoms with E-state index in [4.69, 9.17) is 9.47 Å². The third-order valence-electron chi connectivity index (χ3n) is 4.30. The number of hydrogen-bond donors (Lipinski definition) is 3. The number of rotatable bonds is 5. The first-order valence-electron chi connectivity index (χ1n) is 9.24. The normalized spacial score (nSPS) is 12.9. The van der Waals surface area contributed by atoms with Crippen LogP contribution in [0.1, 0.15) is 24.4 Å². The van der Waals surface area contributed by atoms with Crippen molar-refractivity contribution < 1.29 is 19.1 Å². The zero-order valence-corrected chi connectivity index (χ0v) is 17.7. The summed E-state index contributed by atoms with van der Waals surface area (Å²) in [6.45, 7) is 4.74. The summed E-state index contributed by atoms with van der Waals surface area (Å²) in [6.07, 6.45) is 0.627. The van der Waals surface area contributed by atoms with E-state index in [0.29, 0.717) is 41.8 Å². The van der Waals surface area contributed by atoms with Gasteiger partial charge in [-0.3, -0.25) is 5.32 Å². The lowest BCUT2D eigenvalue weighted by molar-refractivity contribution is 0.206. The number of carbonyl (C=O) groups is 2. The average Bonchev–Trinajstić information content (AvgIpc) is 3.08. The Labute approximate surface area is 173 Å². The average molecular weight is 420 g/mol. The highest BCUT2D eigenvalue weighted by Gasteiger charge is 2.25. The van der Waals surface area contributed by atoms with E-state index in [0.717, 1.165) is 10.6 Å². The standard InChI is InChI=1S/C19H25N5O4S/c1-11(2)20-17(25)23-18-21-12-8-9-24(10-15(12)29-18)19(26)22-13-6-5-7-14(27-3)16(13)28-4/h5-7,11H,8-10H2,1-4H3,(H,22,26)(H2,20,21,23,25). The fourth-order valence-corrected chi connectivity index (χ4v) is 4.02. The second kappa shape index (κ2) is 8.99. The Bertz CT molecular complexity index is 899. The van der Waals surface area contributed by atoms with Gasteiger partial charge in [0.2, 0.25) is 0 Å². The highest BCUT2D eigenvalue weighted by atomic mass is 32.1. The van der Waals surface area contributed by atoms with Crippen LogP contribution in [0.5, 0.6) is 11.5 Å². The molecular formula is C19H25N5O4S. The lowest BCUT2D eigenvalue weighted by Crippen LogP contribution is -2.38. The number of fused-ring (bicyclic) bond motifs is 1. The molecular weight excluding hydrogens is 394 g/mol. The van der Waals surface area contributed by atoms with Crippen molar-refractivity contribution in [3.05, 3.63) is 28.8 Å². The number of hydrogen-bond acceptors (Lipinski definition) is 6.